The molecular formula is C26H22BrN3O4. The van der Waals surface area contributed by atoms with Gasteiger partial charge in [-0.2, -0.15) is 0 Å². The zero-order chi connectivity index (χ0) is 24.1. The van der Waals surface area contributed by atoms with Crippen molar-refractivity contribution in [2.24, 2.45) is 0 Å². The number of hydrogen-bond acceptors (Lipinski definition) is 4. The number of fused-ring (bicyclic) bond motifs is 1. The summed E-state index contributed by atoms with van der Waals surface area (Å²) in [6.07, 6.45) is 0.743. The third kappa shape index (κ3) is 5.71. The summed E-state index contributed by atoms with van der Waals surface area (Å²) in [7, 11) is 0. The van der Waals surface area contributed by atoms with Crippen LogP contribution in [0.2, 0.25) is 0 Å². The van der Waals surface area contributed by atoms with Gasteiger partial charge in [0.1, 0.15) is 11.3 Å². The summed E-state index contributed by atoms with van der Waals surface area (Å²) in [5, 5.41) is 15.6. The zero-order valence-electron chi connectivity index (χ0n) is 18.1. The Balaban J connectivity index is 1.49. The van der Waals surface area contributed by atoms with Gasteiger partial charge in [0.2, 0.25) is 5.91 Å². The number of nitrogens with one attached hydrogen (secondary N) is 3. The van der Waals surface area contributed by atoms with Crippen LogP contribution in [-0.2, 0) is 17.6 Å². The first-order chi connectivity index (χ1) is 16.4. The van der Waals surface area contributed by atoms with E-state index in [1.165, 1.54) is 18.2 Å². The number of hydrogen-bond donors (Lipinski definition) is 4. The maximum absolute atomic E-state index is 12.7. The normalized spacial score (nSPS) is 10.7. The number of phenols is 1. The molecule has 0 spiro atoms. The van der Waals surface area contributed by atoms with Crippen molar-refractivity contribution in [3.05, 3.63) is 104 Å². The lowest BCUT2D eigenvalue weighted by molar-refractivity contribution is -0.115. The molecule has 0 radical (unpaired) electrons. The van der Waals surface area contributed by atoms with E-state index < -0.39 is 11.5 Å². The summed E-state index contributed by atoms with van der Waals surface area (Å²) < 4.78 is 0.981. The highest BCUT2D eigenvalue weighted by Gasteiger charge is 2.14. The minimum Gasteiger partial charge on any atom is -0.508 e. The van der Waals surface area contributed by atoms with Crippen molar-refractivity contribution < 1.29 is 14.7 Å². The number of aromatic amines is 1. The molecule has 1 heterocycles. The van der Waals surface area contributed by atoms with Gasteiger partial charge in [-0.05, 0) is 60.0 Å². The quantitative estimate of drug-likeness (QED) is 0.294. The Morgan fingerprint density at radius 3 is 2.38 bits per heavy atom. The molecule has 2 amide bonds. The van der Waals surface area contributed by atoms with Crippen molar-refractivity contribution in [1.29, 1.82) is 0 Å². The molecule has 0 saturated carbocycles. The number of phenolic OH excluding ortho intramolecular Hbond substituents is 1. The Labute approximate surface area is 204 Å². The van der Waals surface area contributed by atoms with Crippen LogP contribution < -0.4 is 16.2 Å². The van der Waals surface area contributed by atoms with E-state index in [1.54, 1.807) is 30.3 Å². The molecule has 0 unspecified atom stereocenters. The fraction of sp³-hybridized carbons (Fsp3) is 0.115. The molecule has 34 heavy (non-hydrogen) atoms. The number of aromatic nitrogens is 1. The number of carbonyl (C=O) groups is 2. The molecule has 1 aromatic heterocycles. The smallest absolute Gasteiger partial charge is 0.261 e. The molecule has 3 aromatic carbocycles. The van der Waals surface area contributed by atoms with Gasteiger partial charge < -0.3 is 20.7 Å². The molecule has 0 aliphatic carbocycles. The van der Waals surface area contributed by atoms with Gasteiger partial charge in [-0.3, -0.25) is 14.4 Å². The van der Waals surface area contributed by atoms with Crippen LogP contribution >= 0.6 is 15.9 Å². The summed E-state index contributed by atoms with van der Waals surface area (Å²) >= 11 is 3.39. The highest BCUT2D eigenvalue weighted by molar-refractivity contribution is 9.10. The number of halogens is 1. The van der Waals surface area contributed by atoms with Crippen LogP contribution in [-0.4, -0.2) is 28.4 Å². The highest BCUT2D eigenvalue weighted by atomic mass is 79.9. The number of pyridine rings is 1. The zero-order valence-corrected chi connectivity index (χ0v) is 19.7. The first-order valence-corrected chi connectivity index (χ1v) is 11.4. The van der Waals surface area contributed by atoms with Crippen molar-refractivity contribution in [2.75, 3.05) is 11.9 Å². The average Bonchev–Trinajstić information content (AvgIpc) is 2.81. The van der Waals surface area contributed by atoms with Crippen molar-refractivity contribution >= 4 is 44.3 Å². The summed E-state index contributed by atoms with van der Waals surface area (Å²) in [5.74, 6) is -0.611. The van der Waals surface area contributed by atoms with E-state index in [2.05, 4.69) is 31.5 Å². The van der Waals surface area contributed by atoms with Crippen LogP contribution in [0.5, 0.6) is 5.75 Å². The van der Waals surface area contributed by atoms with Crippen molar-refractivity contribution in [2.45, 2.75) is 12.8 Å². The van der Waals surface area contributed by atoms with Gasteiger partial charge >= 0.3 is 0 Å². The van der Waals surface area contributed by atoms with Crippen LogP contribution in [0.25, 0.3) is 10.9 Å². The van der Waals surface area contributed by atoms with Gasteiger partial charge in [0.05, 0.1) is 17.6 Å². The minimum absolute atomic E-state index is 0.0245. The molecule has 0 saturated heterocycles. The van der Waals surface area contributed by atoms with Gasteiger partial charge in [0, 0.05) is 16.4 Å². The summed E-state index contributed by atoms with van der Waals surface area (Å²) in [5.41, 5.74) is 2.29. The standard InChI is InChI=1S/C26H22BrN3O4/c27-18-8-4-16(5-9-18)12-13-28-25(33)21-15-20-22(2-1-3-23(20)30-26(21)34)29-24(32)14-17-6-10-19(31)11-7-17/h1-11,15,31H,12-14H2,(H,28,33)(H,29,32)(H,30,34). The fourth-order valence-corrected chi connectivity index (χ4v) is 3.83. The molecule has 0 fully saturated rings. The third-order valence-electron chi connectivity index (χ3n) is 5.32. The van der Waals surface area contributed by atoms with Crippen molar-refractivity contribution in [3.8, 4) is 5.75 Å². The van der Waals surface area contributed by atoms with Crippen molar-refractivity contribution in [1.82, 2.24) is 10.3 Å². The first kappa shape index (κ1) is 23.3. The predicted octanol–water partition coefficient (Wildman–Crippen LogP) is 4.15. The summed E-state index contributed by atoms with van der Waals surface area (Å²) in [4.78, 5) is 40.5. The molecule has 0 aliphatic rings. The number of rotatable bonds is 7. The largest absolute Gasteiger partial charge is 0.508 e. The Morgan fingerprint density at radius 2 is 1.65 bits per heavy atom. The van der Waals surface area contributed by atoms with Crippen LogP contribution in [0.4, 0.5) is 5.69 Å². The van der Waals surface area contributed by atoms with Crippen molar-refractivity contribution in [3.63, 3.8) is 0 Å². The lowest BCUT2D eigenvalue weighted by Gasteiger charge is -2.11. The maximum atomic E-state index is 12.7. The van der Waals surface area contributed by atoms with E-state index in [9.17, 15) is 19.5 Å². The second-order valence-electron chi connectivity index (χ2n) is 7.80. The predicted molar refractivity (Wildman–Crippen MR) is 135 cm³/mol. The third-order valence-corrected chi connectivity index (χ3v) is 5.85. The maximum Gasteiger partial charge on any atom is 0.261 e. The molecule has 8 heteroatoms. The van der Waals surface area contributed by atoms with E-state index in [-0.39, 0.29) is 23.6 Å². The SMILES string of the molecule is O=C(Cc1ccc(O)cc1)Nc1cccc2[nH]c(=O)c(C(=O)NCCc3ccc(Br)cc3)cc12. The second kappa shape index (κ2) is 10.4. The van der Waals surface area contributed by atoms with Crippen LogP contribution in [0.3, 0.4) is 0 Å². The van der Waals surface area contributed by atoms with E-state index in [0.29, 0.717) is 29.6 Å². The van der Waals surface area contributed by atoms with E-state index in [1.807, 2.05) is 24.3 Å². The molecule has 4 aromatic rings. The second-order valence-corrected chi connectivity index (χ2v) is 8.72. The van der Waals surface area contributed by atoms with Gasteiger partial charge in [-0.25, -0.2) is 0 Å². The van der Waals surface area contributed by atoms with Gasteiger partial charge in [-0.15, -0.1) is 0 Å². The monoisotopic (exact) mass is 519 g/mol. The van der Waals surface area contributed by atoms with Gasteiger partial charge in [0.15, 0.2) is 0 Å². The van der Waals surface area contributed by atoms with E-state index >= 15 is 0 Å². The molecule has 7 nitrogen and oxygen atoms in total. The van der Waals surface area contributed by atoms with Gasteiger partial charge in [0.25, 0.3) is 11.5 Å². The topological polar surface area (TPSA) is 111 Å². The molecule has 0 aliphatic heterocycles. The Kier molecular flexibility index (Phi) is 7.08. The lowest BCUT2D eigenvalue weighted by Crippen LogP contribution is -2.31. The lowest BCUT2D eigenvalue weighted by atomic mass is 10.1. The highest BCUT2D eigenvalue weighted by Crippen LogP contribution is 2.22. The molecular weight excluding hydrogens is 498 g/mol. The molecule has 0 atom stereocenters. The molecule has 4 rings (SSSR count). The van der Waals surface area contributed by atoms with Crippen LogP contribution in [0.15, 0.2) is 82.1 Å². The van der Waals surface area contributed by atoms with E-state index in [4.69, 9.17) is 0 Å². The minimum atomic E-state index is -0.499. The molecule has 4 N–H and O–H groups in total. The Hall–Kier alpha value is -3.91. The van der Waals surface area contributed by atoms with E-state index in [0.717, 1.165) is 15.6 Å². The Morgan fingerprint density at radius 1 is 0.941 bits per heavy atom. The molecule has 172 valence electrons. The number of amides is 2. The summed E-state index contributed by atoms with van der Waals surface area (Å²) in [6.45, 7) is 0.378. The average molecular weight is 520 g/mol. The Bertz CT molecular complexity index is 1400. The van der Waals surface area contributed by atoms with Crippen LogP contribution in [0, 0.1) is 0 Å². The fourth-order valence-electron chi connectivity index (χ4n) is 3.57. The number of aromatic hydroxyl groups is 1. The summed E-state index contributed by atoms with van der Waals surface area (Å²) in [6, 6.07) is 20.8. The number of carbonyl (C=O) groups excluding carboxylic acids is 2. The number of anilines is 1. The van der Waals surface area contributed by atoms with Crippen LogP contribution in [0.1, 0.15) is 21.5 Å². The first-order valence-electron chi connectivity index (χ1n) is 10.7. The number of benzene rings is 3. The number of H-pyrrole nitrogens is 1. The molecule has 0 bridgehead atoms. The van der Waals surface area contributed by atoms with Gasteiger partial charge in [-0.1, -0.05) is 46.3 Å².